The Balaban J connectivity index is 2.00. The van der Waals surface area contributed by atoms with E-state index in [0.717, 1.165) is 19.4 Å². The largest absolute Gasteiger partial charge is 0.316 e. The molecule has 1 amide bonds. The molecule has 1 unspecified atom stereocenters. The third-order valence-electron chi connectivity index (χ3n) is 2.72. The van der Waals surface area contributed by atoms with Gasteiger partial charge in [-0.05, 0) is 31.5 Å². The van der Waals surface area contributed by atoms with Crippen molar-refractivity contribution in [3.05, 3.63) is 0 Å². The number of H-pyrrole nitrogens is 1. The van der Waals surface area contributed by atoms with E-state index in [1.807, 2.05) is 6.92 Å². The maximum Gasteiger partial charge on any atom is 0.269 e. The zero-order chi connectivity index (χ0) is 10.7. The molecule has 1 aliphatic heterocycles. The number of rotatable bonds is 2. The van der Waals surface area contributed by atoms with Crippen molar-refractivity contribution in [3.63, 3.8) is 0 Å². The van der Waals surface area contributed by atoms with Gasteiger partial charge in [-0.2, -0.15) is 5.21 Å². The average molecular weight is 210 g/mol. The number of nitrogens with zero attached hydrogens (tertiary/aromatic N) is 3. The van der Waals surface area contributed by atoms with Crippen LogP contribution in [0.2, 0.25) is 0 Å². The van der Waals surface area contributed by atoms with Gasteiger partial charge < -0.3 is 5.32 Å². The van der Waals surface area contributed by atoms with E-state index < -0.39 is 0 Å². The summed E-state index contributed by atoms with van der Waals surface area (Å²) in [6, 6.07) is 0. The van der Waals surface area contributed by atoms with E-state index in [4.69, 9.17) is 0 Å². The molecule has 7 heteroatoms. The molecule has 7 nitrogen and oxygen atoms in total. The molecule has 1 fully saturated rings. The summed E-state index contributed by atoms with van der Waals surface area (Å²) in [5, 5.41) is 18.9. The first-order valence-corrected chi connectivity index (χ1v) is 4.96. The van der Waals surface area contributed by atoms with Crippen molar-refractivity contribution in [3.8, 4) is 0 Å². The molecule has 0 bridgehead atoms. The third-order valence-corrected chi connectivity index (χ3v) is 2.72. The Hall–Kier alpha value is -1.50. The van der Waals surface area contributed by atoms with E-state index in [2.05, 4.69) is 31.3 Å². The number of amides is 1. The maximum atomic E-state index is 11.9. The minimum atomic E-state index is -0.376. The summed E-state index contributed by atoms with van der Waals surface area (Å²) in [5.74, 6) is 0.169. The number of tetrazole rings is 1. The summed E-state index contributed by atoms with van der Waals surface area (Å²) >= 11 is 0. The summed E-state index contributed by atoms with van der Waals surface area (Å²) in [6.45, 7) is 3.61. The number of hydrogen-bond acceptors (Lipinski definition) is 5. The van der Waals surface area contributed by atoms with Crippen molar-refractivity contribution in [2.75, 3.05) is 18.4 Å². The Labute approximate surface area is 87.0 Å². The van der Waals surface area contributed by atoms with Gasteiger partial charge in [-0.3, -0.25) is 10.1 Å². The van der Waals surface area contributed by atoms with Crippen molar-refractivity contribution in [2.45, 2.75) is 19.8 Å². The van der Waals surface area contributed by atoms with Crippen LogP contribution in [0.1, 0.15) is 19.8 Å². The van der Waals surface area contributed by atoms with Gasteiger partial charge in [-0.15, -0.1) is 5.10 Å². The highest BCUT2D eigenvalue weighted by Gasteiger charge is 2.35. The molecule has 1 aromatic heterocycles. The van der Waals surface area contributed by atoms with Crippen LogP contribution in [0.15, 0.2) is 0 Å². The molecular formula is C8H14N6O. The highest BCUT2D eigenvalue weighted by molar-refractivity contribution is 5.93. The van der Waals surface area contributed by atoms with Crippen molar-refractivity contribution < 1.29 is 4.79 Å². The molecule has 0 aromatic carbocycles. The highest BCUT2D eigenvalue weighted by Crippen LogP contribution is 2.26. The normalized spacial score (nSPS) is 26.2. The third kappa shape index (κ3) is 2.12. The number of hydrogen-bond donors (Lipinski definition) is 3. The molecule has 0 spiro atoms. The second-order valence-corrected chi connectivity index (χ2v) is 4.03. The minimum Gasteiger partial charge on any atom is -0.316 e. The lowest BCUT2D eigenvalue weighted by atomic mass is 9.82. The molecular weight excluding hydrogens is 196 g/mol. The maximum absolute atomic E-state index is 11.9. The SMILES string of the molecule is CC1(C(=O)Nc2nn[nH]n2)CCCNC1. The quantitative estimate of drug-likeness (QED) is 0.613. The predicted molar refractivity (Wildman–Crippen MR) is 53.0 cm³/mol. The van der Waals surface area contributed by atoms with Gasteiger partial charge in [-0.1, -0.05) is 5.10 Å². The fraction of sp³-hybridized carbons (Fsp3) is 0.750. The Bertz CT molecular complexity index is 329. The van der Waals surface area contributed by atoms with E-state index in [0.29, 0.717) is 6.54 Å². The van der Waals surface area contributed by atoms with Crippen LogP contribution in [-0.4, -0.2) is 39.6 Å². The van der Waals surface area contributed by atoms with Gasteiger partial charge in [0.2, 0.25) is 5.91 Å². The Morgan fingerprint density at radius 3 is 3.07 bits per heavy atom. The van der Waals surface area contributed by atoms with E-state index in [9.17, 15) is 4.79 Å². The molecule has 3 N–H and O–H groups in total. The average Bonchev–Trinajstić information content (AvgIpc) is 2.71. The van der Waals surface area contributed by atoms with Crippen molar-refractivity contribution in [2.24, 2.45) is 5.41 Å². The minimum absolute atomic E-state index is 0.0592. The van der Waals surface area contributed by atoms with Gasteiger partial charge in [0.15, 0.2) is 0 Å². The number of nitrogens with one attached hydrogen (secondary N) is 3. The van der Waals surface area contributed by atoms with Crippen LogP contribution in [0, 0.1) is 5.41 Å². The van der Waals surface area contributed by atoms with E-state index in [-0.39, 0.29) is 17.3 Å². The first-order valence-electron chi connectivity index (χ1n) is 4.96. The lowest BCUT2D eigenvalue weighted by Crippen LogP contribution is -2.46. The standard InChI is InChI=1S/C8H14N6O/c1-8(3-2-4-9-5-8)6(15)10-7-11-13-14-12-7/h9H,2-5H2,1H3,(H2,10,11,12,13,14,15). The zero-order valence-electron chi connectivity index (χ0n) is 8.58. The molecule has 0 radical (unpaired) electrons. The molecule has 15 heavy (non-hydrogen) atoms. The van der Waals surface area contributed by atoms with Crippen LogP contribution >= 0.6 is 0 Å². The van der Waals surface area contributed by atoms with Crippen LogP contribution in [0.4, 0.5) is 5.95 Å². The number of aromatic nitrogens is 4. The summed E-state index contributed by atoms with van der Waals surface area (Å²) in [5.41, 5.74) is -0.376. The fourth-order valence-electron chi connectivity index (χ4n) is 1.72. The van der Waals surface area contributed by atoms with Crippen LogP contribution in [0.3, 0.4) is 0 Å². The molecule has 82 valence electrons. The van der Waals surface area contributed by atoms with Crippen LogP contribution in [0.25, 0.3) is 0 Å². The van der Waals surface area contributed by atoms with Gasteiger partial charge in [0.05, 0.1) is 5.41 Å². The fourth-order valence-corrected chi connectivity index (χ4v) is 1.72. The zero-order valence-corrected chi connectivity index (χ0v) is 8.58. The van der Waals surface area contributed by atoms with Crippen molar-refractivity contribution in [1.29, 1.82) is 0 Å². The molecule has 0 aliphatic carbocycles. The summed E-state index contributed by atoms with van der Waals surface area (Å²) in [6.07, 6.45) is 1.89. The lowest BCUT2D eigenvalue weighted by Gasteiger charge is -2.31. The van der Waals surface area contributed by atoms with E-state index in [1.54, 1.807) is 0 Å². The van der Waals surface area contributed by atoms with Gasteiger partial charge in [0.25, 0.3) is 5.95 Å². The summed E-state index contributed by atoms with van der Waals surface area (Å²) in [7, 11) is 0. The molecule has 0 saturated carbocycles. The molecule has 1 saturated heterocycles. The van der Waals surface area contributed by atoms with Gasteiger partial charge in [0, 0.05) is 6.54 Å². The first kappa shape index (κ1) is 10.0. The predicted octanol–water partition coefficient (Wildman–Crippen LogP) is -0.472. The second-order valence-electron chi connectivity index (χ2n) is 4.03. The molecule has 2 heterocycles. The second kappa shape index (κ2) is 3.93. The first-order chi connectivity index (χ1) is 7.21. The van der Waals surface area contributed by atoms with Gasteiger partial charge >= 0.3 is 0 Å². The Morgan fingerprint density at radius 2 is 2.47 bits per heavy atom. The summed E-state index contributed by atoms with van der Waals surface area (Å²) in [4.78, 5) is 11.9. The lowest BCUT2D eigenvalue weighted by molar-refractivity contribution is -0.125. The molecule has 1 aliphatic rings. The Morgan fingerprint density at radius 1 is 1.60 bits per heavy atom. The smallest absolute Gasteiger partial charge is 0.269 e. The van der Waals surface area contributed by atoms with Crippen molar-refractivity contribution >= 4 is 11.9 Å². The molecule has 1 aromatic rings. The molecule has 2 rings (SSSR count). The van der Waals surface area contributed by atoms with E-state index >= 15 is 0 Å². The highest BCUT2D eigenvalue weighted by atomic mass is 16.2. The number of aromatic amines is 1. The number of carbonyl (C=O) groups is 1. The monoisotopic (exact) mass is 210 g/mol. The topological polar surface area (TPSA) is 95.6 Å². The van der Waals surface area contributed by atoms with Crippen molar-refractivity contribution in [1.82, 2.24) is 25.9 Å². The van der Waals surface area contributed by atoms with E-state index in [1.165, 1.54) is 0 Å². The number of anilines is 1. The van der Waals surface area contributed by atoms with Gasteiger partial charge in [0.1, 0.15) is 0 Å². The number of piperidine rings is 1. The van der Waals surface area contributed by atoms with Gasteiger partial charge in [-0.25, -0.2) is 0 Å². The number of carbonyl (C=O) groups excluding carboxylic acids is 1. The van der Waals surface area contributed by atoms with Crippen LogP contribution < -0.4 is 10.6 Å². The Kier molecular flexibility index (Phi) is 2.63. The molecule has 1 atom stereocenters. The van der Waals surface area contributed by atoms with Crippen LogP contribution in [0.5, 0.6) is 0 Å². The van der Waals surface area contributed by atoms with Crippen LogP contribution in [-0.2, 0) is 4.79 Å². The summed E-state index contributed by atoms with van der Waals surface area (Å²) < 4.78 is 0.